The third-order valence-electron chi connectivity index (χ3n) is 1.64. The molecule has 4 heteroatoms. The fourth-order valence-electron chi connectivity index (χ4n) is 0.990. The number of hydrogen-bond donors (Lipinski definition) is 1. The Bertz CT molecular complexity index is 302. The fourth-order valence-corrected chi connectivity index (χ4v) is 1.49. The monoisotopic (exact) mass is 217 g/mol. The summed E-state index contributed by atoms with van der Waals surface area (Å²) >= 11 is 11.6. The largest absolute Gasteiger partial charge is 0.358 e. The van der Waals surface area contributed by atoms with Crippen molar-refractivity contribution in [2.45, 2.75) is 6.42 Å². The molecule has 1 aromatic rings. The Morgan fingerprint density at radius 2 is 2.15 bits per heavy atom. The van der Waals surface area contributed by atoms with E-state index >= 15 is 0 Å². The van der Waals surface area contributed by atoms with E-state index in [9.17, 15) is 4.79 Å². The van der Waals surface area contributed by atoms with E-state index in [0.29, 0.717) is 23.0 Å². The average Bonchev–Trinajstić information content (AvgIpc) is 2.09. The minimum Gasteiger partial charge on any atom is -0.358 e. The lowest BCUT2D eigenvalue weighted by molar-refractivity contribution is -0.109. The Balaban J connectivity index is 2.61. The summed E-state index contributed by atoms with van der Waals surface area (Å²) in [4.78, 5) is 9.97. The first-order valence-electron chi connectivity index (χ1n) is 3.85. The summed E-state index contributed by atoms with van der Waals surface area (Å²) in [6.45, 7) is 0.588. The van der Waals surface area contributed by atoms with Gasteiger partial charge in [-0.3, -0.25) is 4.79 Å². The quantitative estimate of drug-likeness (QED) is 0.609. The van der Waals surface area contributed by atoms with Crippen LogP contribution in [0.3, 0.4) is 0 Å². The lowest BCUT2D eigenvalue weighted by atomic mass is 10.1. The highest BCUT2D eigenvalue weighted by Crippen LogP contribution is 2.20. The highest BCUT2D eigenvalue weighted by Gasteiger charge is 1.99. The molecule has 2 nitrogen and oxygen atoms in total. The molecule has 1 aromatic carbocycles. The van der Waals surface area contributed by atoms with E-state index in [2.05, 4.69) is 5.32 Å². The van der Waals surface area contributed by atoms with E-state index in [4.69, 9.17) is 23.2 Å². The maximum Gasteiger partial charge on any atom is 0.207 e. The second-order valence-corrected chi connectivity index (χ2v) is 3.40. The van der Waals surface area contributed by atoms with Crippen molar-refractivity contribution < 1.29 is 4.79 Å². The molecule has 70 valence electrons. The minimum atomic E-state index is 0.588. The third-order valence-corrected chi connectivity index (χ3v) is 2.22. The number of hydrogen-bond acceptors (Lipinski definition) is 1. The molecule has 0 spiro atoms. The van der Waals surface area contributed by atoms with Crippen LogP contribution < -0.4 is 5.32 Å². The summed E-state index contributed by atoms with van der Waals surface area (Å²) in [5.41, 5.74) is 0.986. The van der Waals surface area contributed by atoms with Crippen molar-refractivity contribution in [2.75, 3.05) is 6.54 Å². The van der Waals surface area contributed by atoms with Crippen LogP contribution in [-0.2, 0) is 11.2 Å². The van der Waals surface area contributed by atoms with Gasteiger partial charge in [0, 0.05) is 16.6 Å². The maximum atomic E-state index is 9.97. The van der Waals surface area contributed by atoms with Crippen molar-refractivity contribution in [3.05, 3.63) is 33.8 Å². The summed E-state index contributed by atoms with van der Waals surface area (Å²) in [7, 11) is 0. The molecule has 0 unspecified atom stereocenters. The van der Waals surface area contributed by atoms with Crippen LogP contribution in [0.2, 0.25) is 10.0 Å². The van der Waals surface area contributed by atoms with Crippen LogP contribution in [0.5, 0.6) is 0 Å². The van der Waals surface area contributed by atoms with Gasteiger partial charge in [0.05, 0.1) is 0 Å². The van der Waals surface area contributed by atoms with Gasteiger partial charge in [-0.1, -0.05) is 29.3 Å². The normalized spacial score (nSPS) is 9.69. The summed E-state index contributed by atoms with van der Waals surface area (Å²) in [6, 6.07) is 5.33. The first kappa shape index (κ1) is 10.4. The van der Waals surface area contributed by atoms with E-state index in [1.54, 1.807) is 12.1 Å². The highest BCUT2D eigenvalue weighted by molar-refractivity contribution is 6.35. The fraction of sp³-hybridized carbons (Fsp3) is 0.222. The van der Waals surface area contributed by atoms with E-state index in [1.165, 1.54) is 0 Å². The molecule has 0 aliphatic rings. The van der Waals surface area contributed by atoms with E-state index < -0.39 is 0 Å². The van der Waals surface area contributed by atoms with Gasteiger partial charge >= 0.3 is 0 Å². The molecular formula is C9H9Cl2NO. The van der Waals surface area contributed by atoms with Gasteiger partial charge in [-0.2, -0.15) is 0 Å². The molecular weight excluding hydrogens is 209 g/mol. The summed E-state index contributed by atoms with van der Waals surface area (Å²) < 4.78 is 0. The Kier molecular flexibility index (Phi) is 4.06. The Hall–Kier alpha value is -0.730. The summed E-state index contributed by atoms with van der Waals surface area (Å²) in [6.07, 6.45) is 1.39. The zero-order valence-corrected chi connectivity index (χ0v) is 8.40. The molecule has 0 saturated heterocycles. The SMILES string of the molecule is O=CNCCc1ccc(Cl)cc1Cl. The lowest BCUT2D eigenvalue weighted by Crippen LogP contribution is -2.14. The molecule has 1 N–H and O–H groups in total. The number of amides is 1. The number of halogens is 2. The molecule has 0 aliphatic carbocycles. The van der Waals surface area contributed by atoms with Gasteiger partial charge in [-0.25, -0.2) is 0 Å². The summed E-state index contributed by atoms with van der Waals surface area (Å²) in [5.74, 6) is 0. The van der Waals surface area contributed by atoms with Crippen LogP contribution in [0.4, 0.5) is 0 Å². The molecule has 1 amide bonds. The van der Waals surface area contributed by atoms with Crippen molar-refractivity contribution >= 4 is 29.6 Å². The number of carbonyl (C=O) groups excluding carboxylic acids is 1. The van der Waals surface area contributed by atoms with Gasteiger partial charge < -0.3 is 5.32 Å². The standard InChI is InChI=1S/C9H9Cl2NO/c10-8-2-1-7(9(11)5-8)3-4-12-6-13/h1-2,5-6H,3-4H2,(H,12,13). The smallest absolute Gasteiger partial charge is 0.207 e. The van der Waals surface area contributed by atoms with Crippen LogP contribution in [0.1, 0.15) is 5.56 Å². The van der Waals surface area contributed by atoms with E-state index in [0.717, 1.165) is 12.0 Å². The van der Waals surface area contributed by atoms with Gasteiger partial charge in [0.2, 0.25) is 6.41 Å². The zero-order chi connectivity index (χ0) is 9.68. The van der Waals surface area contributed by atoms with Crippen LogP contribution in [0.25, 0.3) is 0 Å². The second kappa shape index (κ2) is 5.10. The Morgan fingerprint density at radius 3 is 2.77 bits per heavy atom. The zero-order valence-electron chi connectivity index (χ0n) is 6.89. The molecule has 0 fully saturated rings. The van der Waals surface area contributed by atoms with E-state index in [1.807, 2.05) is 6.07 Å². The van der Waals surface area contributed by atoms with Crippen molar-refractivity contribution in [2.24, 2.45) is 0 Å². The van der Waals surface area contributed by atoms with Crippen molar-refractivity contribution in [1.29, 1.82) is 0 Å². The van der Waals surface area contributed by atoms with Crippen LogP contribution >= 0.6 is 23.2 Å². The summed E-state index contributed by atoms with van der Waals surface area (Å²) in [5, 5.41) is 3.83. The third kappa shape index (κ3) is 3.25. The molecule has 0 bridgehead atoms. The minimum absolute atomic E-state index is 0.588. The van der Waals surface area contributed by atoms with Crippen molar-refractivity contribution in [3.8, 4) is 0 Å². The topological polar surface area (TPSA) is 29.1 Å². The molecule has 1 rings (SSSR count). The highest BCUT2D eigenvalue weighted by atomic mass is 35.5. The van der Waals surface area contributed by atoms with Gasteiger partial charge in [0.25, 0.3) is 0 Å². The lowest BCUT2D eigenvalue weighted by Gasteiger charge is -2.03. The predicted molar refractivity (Wildman–Crippen MR) is 54.2 cm³/mol. The van der Waals surface area contributed by atoms with E-state index in [-0.39, 0.29) is 0 Å². The Morgan fingerprint density at radius 1 is 1.38 bits per heavy atom. The first-order chi connectivity index (χ1) is 6.24. The molecule has 0 saturated carbocycles. The molecule has 13 heavy (non-hydrogen) atoms. The Labute approximate surface area is 86.8 Å². The number of carbonyl (C=O) groups is 1. The molecule has 0 aliphatic heterocycles. The van der Waals surface area contributed by atoms with Gasteiger partial charge in [-0.05, 0) is 24.1 Å². The van der Waals surface area contributed by atoms with Crippen LogP contribution in [0, 0.1) is 0 Å². The number of rotatable bonds is 4. The number of benzene rings is 1. The maximum absolute atomic E-state index is 9.97. The molecule has 0 radical (unpaired) electrons. The van der Waals surface area contributed by atoms with Gasteiger partial charge in [0.1, 0.15) is 0 Å². The first-order valence-corrected chi connectivity index (χ1v) is 4.60. The molecule has 0 atom stereocenters. The average molecular weight is 218 g/mol. The van der Waals surface area contributed by atoms with Gasteiger partial charge in [-0.15, -0.1) is 0 Å². The van der Waals surface area contributed by atoms with Gasteiger partial charge in [0.15, 0.2) is 0 Å². The molecule has 0 heterocycles. The predicted octanol–water partition coefficient (Wildman–Crippen LogP) is 2.28. The van der Waals surface area contributed by atoms with Crippen LogP contribution in [-0.4, -0.2) is 13.0 Å². The van der Waals surface area contributed by atoms with Crippen LogP contribution in [0.15, 0.2) is 18.2 Å². The number of nitrogens with one attached hydrogen (secondary N) is 1. The second-order valence-electron chi connectivity index (χ2n) is 2.56. The van der Waals surface area contributed by atoms with Crippen molar-refractivity contribution in [3.63, 3.8) is 0 Å². The van der Waals surface area contributed by atoms with Crippen molar-refractivity contribution in [1.82, 2.24) is 5.32 Å². The molecule has 0 aromatic heterocycles.